The van der Waals surface area contributed by atoms with Crippen molar-refractivity contribution in [3.8, 4) is 0 Å². The van der Waals surface area contributed by atoms with Crippen molar-refractivity contribution in [1.29, 1.82) is 0 Å². The molecule has 0 saturated carbocycles. The molecular formula is C44H64N10O8Si. The third-order valence-electron chi connectivity index (χ3n) is 11.2. The van der Waals surface area contributed by atoms with Gasteiger partial charge < -0.3 is 39.1 Å². The molecule has 4 aromatic heterocycles. The van der Waals surface area contributed by atoms with Gasteiger partial charge in [-0.2, -0.15) is 15.3 Å². The van der Waals surface area contributed by atoms with Crippen molar-refractivity contribution in [2.24, 2.45) is 0 Å². The topological polar surface area (TPSA) is 205 Å². The summed E-state index contributed by atoms with van der Waals surface area (Å²) in [5.41, 5.74) is 3.70. The Morgan fingerprint density at radius 3 is 2.37 bits per heavy atom. The molecule has 18 nitrogen and oxygen atoms in total. The summed E-state index contributed by atoms with van der Waals surface area (Å²) in [6, 6.07) is 15.3. The van der Waals surface area contributed by atoms with E-state index in [2.05, 4.69) is 64.8 Å². The number of amides is 2. The van der Waals surface area contributed by atoms with Gasteiger partial charge in [-0.3, -0.25) is 10.00 Å². The molecule has 0 aliphatic carbocycles. The van der Waals surface area contributed by atoms with Crippen LogP contribution >= 0.6 is 0 Å². The van der Waals surface area contributed by atoms with E-state index in [4.69, 9.17) is 28.5 Å². The number of carbonyl (C=O) groups excluding carboxylic acids is 1. The van der Waals surface area contributed by atoms with E-state index in [0.29, 0.717) is 43.7 Å². The van der Waals surface area contributed by atoms with Crippen LogP contribution in [0.25, 0.3) is 5.52 Å². The number of carboxylic acid groups (broad SMARTS) is 1. The Balaban J connectivity index is 0.000000210. The summed E-state index contributed by atoms with van der Waals surface area (Å²) in [4.78, 5) is 29.8. The van der Waals surface area contributed by atoms with Crippen LogP contribution in [0.1, 0.15) is 103 Å². The average molecular weight is 889 g/mol. The lowest BCUT2D eigenvalue weighted by molar-refractivity contribution is 0.0682. The van der Waals surface area contributed by atoms with Gasteiger partial charge in [-0.05, 0) is 64.4 Å². The summed E-state index contributed by atoms with van der Waals surface area (Å²) >= 11 is 0. The third kappa shape index (κ3) is 12.0. The Morgan fingerprint density at radius 2 is 1.70 bits per heavy atom. The summed E-state index contributed by atoms with van der Waals surface area (Å²) in [6.07, 6.45) is 2.57. The molecule has 342 valence electrons. The van der Waals surface area contributed by atoms with E-state index in [0.717, 1.165) is 34.6 Å². The first-order valence-corrected chi connectivity index (χ1v) is 24.3. The zero-order valence-corrected chi connectivity index (χ0v) is 39.3. The van der Waals surface area contributed by atoms with Crippen LogP contribution in [0.2, 0.25) is 18.1 Å². The van der Waals surface area contributed by atoms with Gasteiger partial charge in [0, 0.05) is 50.5 Å². The summed E-state index contributed by atoms with van der Waals surface area (Å²) in [7, 11) is -0.275. The van der Waals surface area contributed by atoms with Crippen molar-refractivity contribution in [3.63, 3.8) is 0 Å². The van der Waals surface area contributed by atoms with Crippen molar-refractivity contribution in [3.05, 3.63) is 83.6 Å². The monoisotopic (exact) mass is 888 g/mol. The quantitative estimate of drug-likeness (QED) is 0.0820. The molecule has 2 saturated heterocycles. The average Bonchev–Trinajstić information content (AvgIpc) is 4.04. The van der Waals surface area contributed by atoms with Crippen LogP contribution in [-0.2, 0) is 42.1 Å². The minimum Gasteiger partial charge on any atom is -0.465 e. The normalized spacial score (nSPS) is 19.2. The molecule has 6 heterocycles. The molecular weight excluding hydrogens is 825 g/mol. The number of fused-ring (bicyclic) bond motifs is 1. The van der Waals surface area contributed by atoms with Crippen molar-refractivity contribution < 1.29 is 38.1 Å². The highest BCUT2D eigenvalue weighted by Gasteiger charge is 2.42. The fourth-order valence-corrected chi connectivity index (χ4v) is 8.37. The maximum absolute atomic E-state index is 12.3. The summed E-state index contributed by atoms with van der Waals surface area (Å²) in [5.74, 6) is 1.78. The zero-order chi connectivity index (χ0) is 45.7. The van der Waals surface area contributed by atoms with Crippen molar-refractivity contribution in [1.82, 2.24) is 39.9 Å². The number of methoxy groups -OCH3 is 1. The summed E-state index contributed by atoms with van der Waals surface area (Å²) in [5, 5.41) is 32.6. The number of hydrogen-bond acceptors (Lipinski definition) is 12. The molecule has 4 N–H and O–H groups in total. The van der Waals surface area contributed by atoms with Gasteiger partial charge >= 0.3 is 12.2 Å². The van der Waals surface area contributed by atoms with Gasteiger partial charge in [-0.1, -0.05) is 51.1 Å². The molecule has 1 aromatic carbocycles. The number of nitrogens with one attached hydrogen (secondary N) is 3. The van der Waals surface area contributed by atoms with E-state index in [-0.39, 0.29) is 42.0 Å². The fraction of sp³-hybridized carbons (Fsp3) is 0.545. The molecule has 63 heavy (non-hydrogen) atoms. The lowest BCUT2D eigenvalue weighted by Gasteiger charge is -2.38. The molecule has 0 bridgehead atoms. The molecule has 2 amide bonds. The van der Waals surface area contributed by atoms with Crippen LogP contribution in [0.3, 0.4) is 0 Å². The fourth-order valence-electron chi connectivity index (χ4n) is 7.02. The predicted octanol–water partition coefficient (Wildman–Crippen LogP) is 8.48. The van der Waals surface area contributed by atoms with E-state index in [1.807, 2.05) is 83.1 Å². The van der Waals surface area contributed by atoms with Crippen molar-refractivity contribution in [2.45, 2.75) is 136 Å². The molecule has 0 unspecified atom stereocenters. The number of benzene rings is 1. The Labute approximate surface area is 370 Å². The van der Waals surface area contributed by atoms with Gasteiger partial charge in [0.2, 0.25) is 0 Å². The van der Waals surface area contributed by atoms with Crippen molar-refractivity contribution in [2.75, 3.05) is 30.5 Å². The Hall–Kier alpha value is -5.34. The molecule has 0 spiro atoms. The molecule has 7 rings (SSSR count). The maximum atomic E-state index is 12.3. The Bertz CT molecular complexity index is 2300. The number of H-pyrrole nitrogens is 1. The minimum atomic E-state index is -1.90. The summed E-state index contributed by atoms with van der Waals surface area (Å²) in [6.45, 7) is 22.6. The maximum Gasteiger partial charge on any atom is 0.413 e. The van der Waals surface area contributed by atoms with E-state index in [1.54, 1.807) is 28.7 Å². The predicted molar refractivity (Wildman–Crippen MR) is 241 cm³/mol. The number of carbonyl (C=O) groups is 2. The first-order chi connectivity index (χ1) is 29.7. The molecule has 0 radical (unpaired) electrons. The van der Waals surface area contributed by atoms with Crippen LogP contribution in [0, 0.1) is 0 Å². The Morgan fingerprint density at radius 1 is 1.00 bits per heavy atom. The number of rotatable bonds is 13. The van der Waals surface area contributed by atoms with Gasteiger partial charge in [0.1, 0.15) is 29.6 Å². The first kappa shape index (κ1) is 47.1. The van der Waals surface area contributed by atoms with Crippen molar-refractivity contribution >= 4 is 43.5 Å². The molecule has 19 heteroatoms. The highest BCUT2D eigenvalue weighted by molar-refractivity contribution is 6.74. The minimum absolute atomic E-state index is 0.0243. The second-order valence-electron chi connectivity index (χ2n) is 18.8. The number of aromatic nitrogens is 7. The second kappa shape index (κ2) is 19.6. The van der Waals surface area contributed by atoms with E-state index in [9.17, 15) is 14.7 Å². The highest BCUT2D eigenvalue weighted by atomic mass is 28.4. The standard InChI is InChI=1S/C25H39N3O4Si.C19H25N7O4/c1-24(2,3)28-22(27(23(29)30)16-18-12-10-9-11-13-18)15-20(26-28)21-14-19(17-31-21)32-33(7,8)25(4,5)6;1-11(2)21-19(27)30-13-7-16(29-10-13)14-8-17(24-23-14)22-18-15-6-12(9-28-3)25-26(15)5-4-20-18/h9-13,15,19,21H,14,16-17H2,1-8H3,(H,29,30);4-6,8,11,13,16H,7,9-10H2,1-3H3,(H,21,27)(H2,20,22,23,24)/t19-,21-;13-,16-/m01/s1. The van der Waals surface area contributed by atoms with Crippen LogP contribution in [0.5, 0.6) is 0 Å². The van der Waals surface area contributed by atoms with Crippen LogP contribution in [-0.4, -0.2) is 98.8 Å². The SMILES string of the molecule is CC(C)(C)n1nc([C@@H]2C[C@H](O[Si](C)(C)C(C)(C)C)CO2)cc1N(Cc1ccccc1)C(=O)O.COCc1cc2c(Nc3cc([C@H]4C[C@@H](OC(=O)NC(C)C)CO4)[nH]n3)nccn2n1. The second-order valence-corrected chi connectivity index (χ2v) is 23.6. The van der Waals surface area contributed by atoms with Gasteiger partial charge in [-0.15, -0.1) is 0 Å². The highest BCUT2D eigenvalue weighted by Crippen LogP contribution is 2.41. The lowest BCUT2D eigenvalue weighted by Crippen LogP contribution is -2.44. The van der Waals surface area contributed by atoms with Crippen LogP contribution < -0.4 is 15.5 Å². The van der Waals surface area contributed by atoms with Gasteiger partial charge in [-0.25, -0.2) is 23.8 Å². The van der Waals surface area contributed by atoms with Crippen LogP contribution in [0.4, 0.5) is 27.0 Å². The van der Waals surface area contributed by atoms with Gasteiger partial charge in [0.05, 0.1) is 55.1 Å². The molecule has 5 aromatic rings. The van der Waals surface area contributed by atoms with E-state index < -0.39 is 26.0 Å². The number of hydrogen-bond donors (Lipinski definition) is 4. The number of alkyl carbamates (subject to hydrolysis) is 1. The van der Waals surface area contributed by atoms with Crippen LogP contribution in [0.15, 0.2) is 60.9 Å². The lowest BCUT2D eigenvalue weighted by atomic mass is 10.1. The Kier molecular flexibility index (Phi) is 14.7. The van der Waals surface area contributed by atoms with Gasteiger partial charge in [0.25, 0.3) is 0 Å². The molecule has 2 fully saturated rings. The molecule has 4 atom stereocenters. The third-order valence-corrected chi connectivity index (χ3v) is 15.7. The van der Waals surface area contributed by atoms with E-state index in [1.165, 1.54) is 4.90 Å². The van der Waals surface area contributed by atoms with E-state index >= 15 is 0 Å². The number of aromatic amines is 1. The number of nitrogens with zero attached hydrogens (tertiary/aromatic N) is 7. The number of ether oxygens (including phenoxy) is 4. The first-order valence-electron chi connectivity index (χ1n) is 21.4. The molecule has 2 aliphatic heterocycles. The molecule has 2 aliphatic rings. The largest absolute Gasteiger partial charge is 0.465 e. The zero-order valence-electron chi connectivity index (χ0n) is 38.3. The summed E-state index contributed by atoms with van der Waals surface area (Å²) < 4.78 is 32.5. The number of anilines is 3. The van der Waals surface area contributed by atoms with Gasteiger partial charge in [0.15, 0.2) is 20.0 Å². The smallest absolute Gasteiger partial charge is 0.413 e.